The predicted molar refractivity (Wildman–Crippen MR) is 78.5 cm³/mol. The zero-order valence-corrected chi connectivity index (χ0v) is 12.5. The molecule has 0 aromatic carbocycles. The van der Waals surface area contributed by atoms with Crippen LogP contribution in [0.2, 0.25) is 0 Å². The molecule has 2 heterocycles. The molecule has 0 bridgehead atoms. The number of amides is 2. The van der Waals surface area contributed by atoms with Crippen LogP contribution in [0.1, 0.15) is 37.5 Å². The lowest BCUT2D eigenvalue weighted by Gasteiger charge is -2.43. The van der Waals surface area contributed by atoms with E-state index in [4.69, 9.17) is 0 Å². The zero-order chi connectivity index (χ0) is 14.2. The van der Waals surface area contributed by atoms with Gasteiger partial charge in [0.05, 0.1) is 0 Å². The Balaban J connectivity index is 1.76. The molecular weight excluding hydrogens is 272 g/mol. The molecule has 3 rings (SSSR count). The summed E-state index contributed by atoms with van der Waals surface area (Å²) in [6, 6.07) is 3.75. The normalized spacial score (nSPS) is 25.2. The van der Waals surface area contributed by atoms with Crippen molar-refractivity contribution in [2.45, 2.75) is 50.6 Å². The molecule has 4 nitrogen and oxygen atoms in total. The van der Waals surface area contributed by atoms with Gasteiger partial charge in [-0.15, -0.1) is 11.3 Å². The van der Waals surface area contributed by atoms with Crippen molar-refractivity contribution in [3.63, 3.8) is 0 Å². The summed E-state index contributed by atoms with van der Waals surface area (Å²) in [5.41, 5.74) is -0.598. The van der Waals surface area contributed by atoms with E-state index < -0.39 is 5.54 Å². The van der Waals surface area contributed by atoms with Crippen LogP contribution in [-0.2, 0) is 16.0 Å². The Kier molecular flexibility index (Phi) is 3.54. The monoisotopic (exact) mass is 292 g/mol. The maximum Gasteiger partial charge on any atom is 0.249 e. The third-order valence-corrected chi connectivity index (χ3v) is 5.45. The smallest absolute Gasteiger partial charge is 0.249 e. The van der Waals surface area contributed by atoms with Gasteiger partial charge in [-0.3, -0.25) is 9.59 Å². The highest BCUT2D eigenvalue weighted by molar-refractivity contribution is 7.09. The van der Waals surface area contributed by atoms with Crippen molar-refractivity contribution in [3.8, 4) is 0 Å². The van der Waals surface area contributed by atoms with E-state index in [-0.39, 0.29) is 17.9 Å². The molecule has 1 spiro atoms. The summed E-state index contributed by atoms with van der Waals surface area (Å²) < 4.78 is 0. The lowest BCUT2D eigenvalue weighted by molar-refractivity contribution is -0.154. The number of hydrogen-bond acceptors (Lipinski definition) is 3. The van der Waals surface area contributed by atoms with Crippen molar-refractivity contribution >= 4 is 23.2 Å². The van der Waals surface area contributed by atoms with Gasteiger partial charge in [-0.05, 0) is 37.6 Å². The van der Waals surface area contributed by atoms with Crippen molar-refractivity contribution in [1.29, 1.82) is 0 Å². The van der Waals surface area contributed by atoms with Gasteiger partial charge >= 0.3 is 0 Å². The first-order chi connectivity index (χ1) is 9.62. The van der Waals surface area contributed by atoms with Gasteiger partial charge in [-0.25, -0.2) is 0 Å². The fourth-order valence-electron chi connectivity index (χ4n) is 3.28. The lowest BCUT2D eigenvalue weighted by atomic mass is 9.91. The van der Waals surface area contributed by atoms with Gasteiger partial charge in [0.1, 0.15) is 11.6 Å². The molecule has 2 aliphatic rings. The van der Waals surface area contributed by atoms with E-state index in [1.165, 1.54) is 4.88 Å². The Morgan fingerprint density at radius 1 is 1.40 bits per heavy atom. The highest BCUT2D eigenvalue weighted by Gasteiger charge is 2.50. The summed E-state index contributed by atoms with van der Waals surface area (Å²) >= 11 is 1.70. The van der Waals surface area contributed by atoms with Crippen LogP contribution in [0.25, 0.3) is 0 Å². The van der Waals surface area contributed by atoms with Crippen LogP contribution in [-0.4, -0.2) is 34.8 Å². The third-order valence-electron chi connectivity index (χ3n) is 4.52. The number of hydrogen-bond donors (Lipinski definition) is 1. The molecule has 1 aliphatic heterocycles. The molecule has 2 amide bonds. The molecule has 2 fully saturated rings. The number of piperazine rings is 1. The molecule has 1 aromatic heterocycles. The molecule has 5 heteroatoms. The fraction of sp³-hybridized carbons (Fsp3) is 0.600. The second kappa shape index (κ2) is 5.20. The Morgan fingerprint density at radius 3 is 2.80 bits per heavy atom. The summed E-state index contributed by atoms with van der Waals surface area (Å²) in [6.45, 7) is 2.46. The average molecular weight is 292 g/mol. The Hall–Kier alpha value is -1.36. The van der Waals surface area contributed by atoms with E-state index in [0.717, 1.165) is 32.1 Å². The van der Waals surface area contributed by atoms with Crippen LogP contribution in [0.4, 0.5) is 0 Å². The van der Waals surface area contributed by atoms with E-state index in [1.54, 1.807) is 16.2 Å². The van der Waals surface area contributed by atoms with Gasteiger partial charge in [0.2, 0.25) is 11.8 Å². The van der Waals surface area contributed by atoms with Crippen molar-refractivity contribution < 1.29 is 9.59 Å². The first-order valence-electron chi connectivity index (χ1n) is 7.28. The van der Waals surface area contributed by atoms with Crippen LogP contribution < -0.4 is 5.32 Å². The number of nitrogens with zero attached hydrogens (tertiary/aromatic N) is 1. The summed E-state index contributed by atoms with van der Waals surface area (Å²) in [5, 5.41) is 5.03. The molecule has 1 N–H and O–H groups in total. The Bertz CT molecular complexity index is 506. The van der Waals surface area contributed by atoms with Gasteiger partial charge in [0, 0.05) is 11.4 Å². The first-order valence-corrected chi connectivity index (χ1v) is 8.16. The Morgan fingerprint density at radius 2 is 2.15 bits per heavy atom. The van der Waals surface area contributed by atoms with E-state index >= 15 is 0 Å². The molecule has 1 aliphatic carbocycles. The predicted octanol–water partition coefficient (Wildman–Crippen LogP) is 1.95. The van der Waals surface area contributed by atoms with Gasteiger partial charge in [0.15, 0.2) is 0 Å². The topological polar surface area (TPSA) is 49.4 Å². The number of carbonyl (C=O) groups is 2. The quantitative estimate of drug-likeness (QED) is 0.925. The molecule has 1 saturated carbocycles. The Labute approximate surface area is 123 Å². The molecule has 108 valence electrons. The van der Waals surface area contributed by atoms with Crippen LogP contribution in [0, 0.1) is 0 Å². The molecular formula is C15H20N2O2S. The summed E-state index contributed by atoms with van der Waals surface area (Å²) in [4.78, 5) is 28.0. The SMILES string of the molecule is CC1C(=O)NC2(CCCC2)C(=O)N1CCc1cccs1. The van der Waals surface area contributed by atoms with Crippen LogP contribution in [0.3, 0.4) is 0 Å². The molecule has 0 radical (unpaired) electrons. The van der Waals surface area contributed by atoms with Gasteiger partial charge in [0.25, 0.3) is 0 Å². The highest BCUT2D eigenvalue weighted by Crippen LogP contribution is 2.34. The van der Waals surface area contributed by atoms with E-state index in [9.17, 15) is 9.59 Å². The van der Waals surface area contributed by atoms with Gasteiger partial charge in [-0.1, -0.05) is 18.9 Å². The minimum Gasteiger partial charge on any atom is -0.340 e. The maximum absolute atomic E-state index is 12.8. The summed E-state index contributed by atoms with van der Waals surface area (Å²) in [7, 11) is 0. The second-order valence-corrected chi connectivity index (χ2v) is 6.81. The zero-order valence-electron chi connectivity index (χ0n) is 11.7. The standard InChI is InChI=1S/C15H20N2O2S/c1-11-13(18)16-15(7-2-3-8-15)14(19)17(11)9-6-12-5-4-10-20-12/h4-5,10-11H,2-3,6-9H2,1H3,(H,16,18). The average Bonchev–Trinajstić information content (AvgIpc) is 3.09. The van der Waals surface area contributed by atoms with Crippen molar-refractivity contribution in [2.75, 3.05) is 6.54 Å². The van der Waals surface area contributed by atoms with Crippen molar-refractivity contribution in [3.05, 3.63) is 22.4 Å². The van der Waals surface area contributed by atoms with Gasteiger partial charge in [-0.2, -0.15) is 0 Å². The minimum atomic E-state index is -0.598. The van der Waals surface area contributed by atoms with Crippen molar-refractivity contribution in [2.24, 2.45) is 0 Å². The van der Waals surface area contributed by atoms with Gasteiger partial charge < -0.3 is 10.2 Å². The van der Waals surface area contributed by atoms with Crippen LogP contribution >= 0.6 is 11.3 Å². The maximum atomic E-state index is 12.8. The van der Waals surface area contributed by atoms with Crippen LogP contribution in [0.5, 0.6) is 0 Å². The summed E-state index contributed by atoms with van der Waals surface area (Å²) in [5.74, 6) is 0.122. The number of thiophene rings is 1. The van der Waals surface area contributed by atoms with Crippen LogP contribution in [0.15, 0.2) is 17.5 Å². The van der Waals surface area contributed by atoms with E-state index in [1.807, 2.05) is 18.4 Å². The highest BCUT2D eigenvalue weighted by atomic mass is 32.1. The minimum absolute atomic E-state index is 0.00215. The fourth-order valence-corrected chi connectivity index (χ4v) is 3.98. The first kappa shape index (κ1) is 13.6. The largest absolute Gasteiger partial charge is 0.340 e. The second-order valence-electron chi connectivity index (χ2n) is 5.78. The lowest BCUT2D eigenvalue weighted by Crippen LogP contribution is -2.68. The van der Waals surface area contributed by atoms with E-state index in [2.05, 4.69) is 11.4 Å². The van der Waals surface area contributed by atoms with Crippen molar-refractivity contribution in [1.82, 2.24) is 10.2 Å². The molecule has 1 unspecified atom stereocenters. The number of nitrogens with one attached hydrogen (secondary N) is 1. The molecule has 1 atom stereocenters. The number of carbonyl (C=O) groups excluding carboxylic acids is 2. The molecule has 1 saturated heterocycles. The third kappa shape index (κ3) is 2.24. The molecule has 1 aromatic rings. The summed E-state index contributed by atoms with van der Waals surface area (Å²) in [6.07, 6.45) is 4.47. The van der Waals surface area contributed by atoms with E-state index in [0.29, 0.717) is 6.54 Å². The molecule has 20 heavy (non-hydrogen) atoms. The number of rotatable bonds is 3.